The lowest BCUT2D eigenvalue weighted by atomic mass is 10.1. The summed E-state index contributed by atoms with van der Waals surface area (Å²) in [6, 6.07) is 11.7. The van der Waals surface area contributed by atoms with E-state index in [9.17, 15) is 4.79 Å². The van der Waals surface area contributed by atoms with Crippen molar-refractivity contribution in [2.45, 2.75) is 19.4 Å². The van der Waals surface area contributed by atoms with Gasteiger partial charge in [-0.3, -0.25) is 9.89 Å². The van der Waals surface area contributed by atoms with E-state index in [1.54, 1.807) is 12.3 Å². The quantitative estimate of drug-likeness (QED) is 0.840. The summed E-state index contributed by atoms with van der Waals surface area (Å²) >= 11 is 0. The second kappa shape index (κ2) is 5.30. The number of hydrogen-bond donors (Lipinski definition) is 2. The summed E-state index contributed by atoms with van der Waals surface area (Å²) in [5.41, 5.74) is 1.92. The highest BCUT2D eigenvalue weighted by Gasteiger charge is 2.09. The molecule has 0 spiro atoms. The molecule has 2 aromatic rings. The molecule has 1 unspecified atom stereocenters. The number of benzene rings is 1. The Kier molecular flexibility index (Phi) is 3.55. The minimum atomic E-state index is -0.00870. The predicted molar refractivity (Wildman–Crippen MR) is 65.3 cm³/mol. The van der Waals surface area contributed by atoms with Gasteiger partial charge in [-0.05, 0) is 18.6 Å². The molecule has 1 aromatic heterocycles. The number of rotatable bonds is 4. The Labute approximate surface area is 100 Å². The molecule has 88 valence electrons. The monoisotopic (exact) mass is 229 g/mol. The summed E-state index contributed by atoms with van der Waals surface area (Å²) in [7, 11) is 0. The molecule has 2 rings (SSSR count). The first-order valence-corrected chi connectivity index (χ1v) is 5.58. The molecule has 0 saturated heterocycles. The third-order valence-corrected chi connectivity index (χ3v) is 2.59. The van der Waals surface area contributed by atoms with Gasteiger partial charge in [-0.2, -0.15) is 5.10 Å². The molecule has 0 saturated carbocycles. The van der Waals surface area contributed by atoms with Crippen LogP contribution in [0.4, 0.5) is 0 Å². The number of H-pyrrole nitrogens is 1. The number of nitrogens with one attached hydrogen (secondary N) is 2. The molecule has 1 aromatic carbocycles. The first kappa shape index (κ1) is 11.4. The molecule has 1 heterocycles. The highest BCUT2D eigenvalue weighted by molar-refractivity contribution is 5.78. The van der Waals surface area contributed by atoms with Gasteiger partial charge in [0.15, 0.2) is 0 Å². The minimum Gasteiger partial charge on any atom is -0.349 e. The number of carbonyl (C=O) groups is 1. The van der Waals surface area contributed by atoms with Crippen LogP contribution in [0.3, 0.4) is 0 Å². The summed E-state index contributed by atoms with van der Waals surface area (Å²) in [5, 5.41) is 9.53. The van der Waals surface area contributed by atoms with E-state index >= 15 is 0 Å². The van der Waals surface area contributed by atoms with Crippen molar-refractivity contribution in [3.63, 3.8) is 0 Å². The van der Waals surface area contributed by atoms with Gasteiger partial charge in [0.2, 0.25) is 5.91 Å². The van der Waals surface area contributed by atoms with Crippen molar-refractivity contribution in [2.75, 3.05) is 0 Å². The first-order valence-electron chi connectivity index (χ1n) is 5.58. The van der Waals surface area contributed by atoms with E-state index in [4.69, 9.17) is 0 Å². The zero-order valence-corrected chi connectivity index (χ0v) is 9.68. The lowest BCUT2D eigenvalue weighted by Gasteiger charge is -2.13. The molecule has 0 radical (unpaired) electrons. The summed E-state index contributed by atoms with van der Waals surface area (Å²) < 4.78 is 0. The van der Waals surface area contributed by atoms with Crippen molar-refractivity contribution in [1.82, 2.24) is 15.5 Å². The molecule has 1 amide bonds. The van der Waals surface area contributed by atoms with Crippen molar-refractivity contribution >= 4 is 5.91 Å². The van der Waals surface area contributed by atoms with E-state index in [-0.39, 0.29) is 11.9 Å². The van der Waals surface area contributed by atoms with Crippen LogP contribution in [0.25, 0.3) is 0 Å². The normalized spacial score (nSPS) is 12.1. The molecule has 0 fully saturated rings. The fourth-order valence-electron chi connectivity index (χ4n) is 1.67. The Hall–Kier alpha value is -2.10. The lowest BCUT2D eigenvalue weighted by molar-refractivity contribution is -0.121. The Bertz CT molecular complexity index is 465. The fourth-order valence-corrected chi connectivity index (χ4v) is 1.67. The summed E-state index contributed by atoms with van der Waals surface area (Å²) in [6.07, 6.45) is 1.97. The van der Waals surface area contributed by atoms with Crippen LogP contribution < -0.4 is 5.32 Å². The second-order valence-corrected chi connectivity index (χ2v) is 3.96. The summed E-state index contributed by atoms with van der Waals surface area (Å²) in [5.74, 6) is -0.00870. The fraction of sp³-hybridized carbons (Fsp3) is 0.231. The molecule has 1 atom stereocenters. The van der Waals surface area contributed by atoms with Gasteiger partial charge in [0, 0.05) is 11.9 Å². The van der Waals surface area contributed by atoms with Crippen molar-refractivity contribution in [3.05, 3.63) is 53.9 Å². The Morgan fingerprint density at radius 1 is 1.35 bits per heavy atom. The van der Waals surface area contributed by atoms with Crippen LogP contribution in [0.15, 0.2) is 42.6 Å². The Morgan fingerprint density at radius 2 is 2.12 bits per heavy atom. The topological polar surface area (TPSA) is 57.8 Å². The molecular formula is C13H15N3O. The van der Waals surface area contributed by atoms with Gasteiger partial charge < -0.3 is 5.32 Å². The van der Waals surface area contributed by atoms with E-state index in [1.807, 2.05) is 37.3 Å². The summed E-state index contributed by atoms with van der Waals surface area (Å²) in [6.45, 7) is 1.97. The van der Waals surface area contributed by atoms with Crippen LogP contribution in [0.2, 0.25) is 0 Å². The van der Waals surface area contributed by atoms with Crippen molar-refractivity contribution < 1.29 is 4.79 Å². The maximum absolute atomic E-state index is 11.7. The van der Waals surface area contributed by atoms with Crippen LogP contribution in [0.5, 0.6) is 0 Å². The molecule has 4 heteroatoms. The molecule has 0 aliphatic rings. The summed E-state index contributed by atoms with van der Waals surface area (Å²) in [4.78, 5) is 11.7. The second-order valence-electron chi connectivity index (χ2n) is 3.96. The van der Waals surface area contributed by atoms with Crippen LogP contribution in [-0.2, 0) is 11.2 Å². The average Bonchev–Trinajstić information content (AvgIpc) is 2.82. The molecule has 2 N–H and O–H groups in total. The Balaban J connectivity index is 1.91. The number of amides is 1. The molecule has 4 nitrogen and oxygen atoms in total. The van der Waals surface area contributed by atoms with Crippen molar-refractivity contribution in [2.24, 2.45) is 0 Å². The van der Waals surface area contributed by atoms with Crippen molar-refractivity contribution in [3.8, 4) is 0 Å². The zero-order valence-electron chi connectivity index (χ0n) is 9.68. The highest BCUT2D eigenvalue weighted by atomic mass is 16.1. The van der Waals surface area contributed by atoms with Crippen LogP contribution in [-0.4, -0.2) is 16.1 Å². The van der Waals surface area contributed by atoms with E-state index < -0.39 is 0 Å². The number of aromatic amines is 1. The van der Waals surface area contributed by atoms with E-state index in [2.05, 4.69) is 15.5 Å². The van der Waals surface area contributed by atoms with Gasteiger partial charge in [0.05, 0.1) is 12.5 Å². The van der Waals surface area contributed by atoms with Crippen molar-refractivity contribution in [1.29, 1.82) is 0 Å². The maximum atomic E-state index is 11.7. The van der Waals surface area contributed by atoms with Gasteiger partial charge >= 0.3 is 0 Å². The molecule has 0 bridgehead atoms. The standard InChI is InChI=1S/C13H15N3O/c1-10(11-5-3-2-4-6-11)15-13(17)9-12-7-8-14-16-12/h2-8,10H,9H2,1H3,(H,14,16)(H,15,17). The van der Waals surface area contributed by atoms with Gasteiger partial charge in [-0.25, -0.2) is 0 Å². The van der Waals surface area contributed by atoms with Gasteiger partial charge in [-0.15, -0.1) is 0 Å². The van der Waals surface area contributed by atoms with Gasteiger partial charge in [0.25, 0.3) is 0 Å². The Morgan fingerprint density at radius 3 is 2.76 bits per heavy atom. The number of hydrogen-bond acceptors (Lipinski definition) is 2. The minimum absolute atomic E-state index is 0.00870. The van der Waals surface area contributed by atoms with Gasteiger partial charge in [-0.1, -0.05) is 30.3 Å². The number of aromatic nitrogens is 2. The lowest BCUT2D eigenvalue weighted by Crippen LogP contribution is -2.28. The highest BCUT2D eigenvalue weighted by Crippen LogP contribution is 2.11. The smallest absolute Gasteiger partial charge is 0.226 e. The van der Waals surface area contributed by atoms with E-state index in [1.165, 1.54) is 0 Å². The van der Waals surface area contributed by atoms with Crippen LogP contribution >= 0.6 is 0 Å². The van der Waals surface area contributed by atoms with Crippen LogP contribution in [0, 0.1) is 0 Å². The van der Waals surface area contributed by atoms with E-state index in [0.717, 1.165) is 11.3 Å². The average molecular weight is 229 g/mol. The maximum Gasteiger partial charge on any atom is 0.226 e. The molecule has 17 heavy (non-hydrogen) atoms. The molecule has 0 aliphatic carbocycles. The third-order valence-electron chi connectivity index (χ3n) is 2.59. The number of carbonyl (C=O) groups excluding carboxylic acids is 1. The third kappa shape index (κ3) is 3.17. The van der Waals surface area contributed by atoms with E-state index in [0.29, 0.717) is 6.42 Å². The van der Waals surface area contributed by atoms with Crippen LogP contribution in [0.1, 0.15) is 24.2 Å². The zero-order chi connectivity index (χ0) is 12.1. The van der Waals surface area contributed by atoms with Gasteiger partial charge in [0.1, 0.15) is 0 Å². The SMILES string of the molecule is CC(NC(=O)Cc1ccn[nH]1)c1ccccc1. The first-order chi connectivity index (χ1) is 8.25. The predicted octanol–water partition coefficient (Wildman–Crippen LogP) is 1.83. The number of nitrogens with zero attached hydrogens (tertiary/aromatic N) is 1. The molecule has 0 aliphatic heterocycles. The molecular weight excluding hydrogens is 214 g/mol. The largest absolute Gasteiger partial charge is 0.349 e.